The lowest BCUT2D eigenvalue weighted by Gasteiger charge is -2.13. The third-order valence-electron chi connectivity index (χ3n) is 2.97. The first-order valence-electron chi connectivity index (χ1n) is 6.57. The molecule has 1 N–H and O–H groups in total. The first-order valence-corrected chi connectivity index (χ1v) is 7.11. The van der Waals surface area contributed by atoms with Gasteiger partial charge in [-0.15, -0.1) is 28.9 Å². The van der Waals surface area contributed by atoms with Crippen molar-refractivity contribution in [1.82, 2.24) is 19.9 Å². The smallest absolute Gasteiger partial charge is 0.335 e. The molecule has 2 amide bonds. The molecule has 1 heterocycles. The molecule has 0 fully saturated rings. The predicted octanol–water partition coefficient (Wildman–Crippen LogP) is 1.70. The molecule has 0 aromatic heterocycles. The summed E-state index contributed by atoms with van der Waals surface area (Å²) in [6, 6.07) is 8.29. The van der Waals surface area contributed by atoms with E-state index in [2.05, 4.69) is 15.6 Å². The van der Waals surface area contributed by atoms with Crippen molar-refractivity contribution in [1.29, 1.82) is 0 Å². The van der Waals surface area contributed by atoms with Gasteiger partial charge in [0.05, 0.1) is 23.2 Å². The lowest BCUT2D eigenvalue weighted by molar-refractivity contribution is 0.202. The highest BCUT2D eigenvalue weighted by atomic mass is 35.5. The van der Waals surface area contributed by atoms with Crippen LogP contribution < -0.4 is 11.0 Å². The van der Waals surface area contributed by atoms with Crippen molar-refractivity contribution in [3.05, 3.63) is 45.7 Å². The minimum Gasteiger partial charge on any atom is -0.335 e. The molecular weight excluding hydrogens is 345 g/mol. The molecule has 2 rings (SSSR count). The van der Waals surface area contributed by atoms with Crippen molar-refractivity contribution in [2.75, 3.05) is 19.0 Å². The molecule has 1 aliphatic heterocycles. The Kier molecular flexibility index (Phi) is 7.43. The maximum Gasteiger partial charge on any atom is 0.348 e. The van der Waals surface area contributed by atoms with E-state index in [-0.39, 0.29) is 43.6 Å². The van der Waals surface area contributed by atoms with Gasteiger partial charge in [-0.2, -0.15) is 9.99 Å². The van der Waals surface area contributed by atoms with Gasteiger partial charge in [0, 0.05) is 19.0 Å². The average molecular weight is 360 g/mol. The molecule has 10 heteroatoms. The van der Waals surface area contributed by atoms with Crippen LogP contribution in [0.4, 0.5) is 4.79 Å². The molecule has 0 saturated heterocycles. The summed E-state index contributed by atoms with van der Waals surface area (Å²) in [5, 5.41) is 5.77. The number of hydrogen-bond acceptors (Lipinski definition) is 5. The number of carbonyl (C=O) groups is 1. The molecule has 0 atom stereocenters. The van der Waals surface area contributed by atoms with E-state index in [0.717, 1.165) is 0 Å². The predicted molar refractivity (Wildman–Crippen MR) is 89.0 cm³/mol. The first-order chi connectivity index (χ1) is 10.7. The van der Waals surface area contributed by atoms with Crippen LogP contribution >= 0.6 is 24.0 Å². The van der Waals surface area contributed by atoms with Gasteiger partial charge < -0.3 is 5.32 Å². The van der Waals surface area contributed by atoms with Gasteiger partial charge in [0.25, 0.3) is 0 Å². The lowest BCUT2D eigenvalue weighted by atomic mass is 10.3. The van der Waals surface area contributed by atoms with Gasteiger partial charge in [-0.1, -0.05) is 18.2 Å². The summed E-state index contributed by atoms with van der Waals surface area (Å²) >= 11 is 5.46. The maximum absolute atomic E-state index is 11.9. The molecule has 0 spiro atoms. The van der Waals surface area contributed by atoms with Crippen molar-refractivity contribution in [2.24, 2.45) is 5.29 Å². The number of urea groups is 1. The number of alkyl halides is 1. The quantitative estimate of drug-likeness (QED) is 0.482. The third kappa shape index (κ3) is 4.64. The number of fused-ring (bicyclic) bond motifs is 1. The number of nitroso groups, excluding NO2 is 1. The summed E-state index contributed by atoms with van der Waals surface area (Å²) in [5.41, 5.74) is 0.872. The topological polar surface area (TPSA) is 96.7 Å². The second-order valence-corrected chi connectivity index (χ2v) is 4.73. The molecule has 0 unspecified atom stereocenters. The van der Waals surface area contributed by atoms with E-state index in [0.29, 0.717) is 16.4 Å². The average Bonchev–Trinajstić information content (AvgIpc) is 2.67. The highest BCUT2D eigenvalue weighted by molar-refractivity contribution is 6.18. The molecule has 0 bridgehead atoms. The van der Waals surface area contributed by atoms with Crippen LogP contribution in [-0.2, 0) is 6.54 Å². The van der Waals surface area contributed by atoms with E-state index >= 15 is 0 Å². The Labute approximate surface area is 143 Å². The van der Waals surface area contributed by atoms with Gasteiger partial charge in [-0.25, -0.2) is 9.59 Å². The van der Waals surface area contributed by atoms with Crippen LogP contribution in [0.5, 0.6) is 0 Å². The van der Waals surface area contributed by atoms with Crippen LogP contribution in [0.2, 0.25) is 0 Å². The van der Waals surface area contributed by atoms with E-state index in [1.165, 1.54) is 4.57 Å². The zero-order chi connectivity index (χ0) is 15.9. The number of nitrogens with zero attached hydrogens (tertiary/aromatic N) is 4. The Bertz CT molecular complexity index is 694. The summed E-state index contributed by atoms with van der Waals surface area (Å²) < 4.78 is 1.45. The summed E-state index contributed by atoms with van der Waals surface area (Å²) in [7, 11) is 0. The van der Waals surface area contributed by atoms with Gasteiger partial charge in [0.15, 0.2) is 0 Å². The van der Waals surface area contributed by atoms with Crippen molar-refractivity contribution < 1.29 is 4.79 Å². The Hall–Kier alpha value is -2.19. The molecule has 23 heavy (non-hydrogen) atoms. The maximum atomic E-state index is 11.9. The summed E-state index contributed by atoms with van der Waals surface area (Å²) in [6.45, 7) is 0.415. The number of imidazole rings is 1. The van der Waals surface area contributed by atoms with E-state index < -0.39 is 6.03 Å². The second kappa shape index (κ2) is 9.06. The molecule has 0 aromatic rings. The minimum atomic E-state index is -0.655. The normalized spacial score (nSPS) is 9.96. The van der Waals surface area contributed by atoms with Crippen LogP contribution in [-0.4, -0.2) is 39.6 Å². The highest BCUT2D eigenvalue weighted by Gasteiger charge is 2.15. The summed E-state index contributed by atoms with van der Waals surface area (Å²) in [5.74, 6) is 0.104. The molecule has 124 valence electrons. The van der Waals surface area contributed by atoms with Crippen LogP contribution in [0.25, 0.3) is 11.4 Å². The van der Waals surface area contributed by atoms with Gasteiger partial charge in [0.1, 0.15) is 0 Å². The van der Waals surface area contributed by atoms with Crippen LogP contribution in [0.15, 0.2) is 40.4 Å². The zero-order valence-electron chi connectivity index (χ0n) is 12.0. The molecule has 2 aliphatic rings. The molecule has 1 aliphatic carbocycles. The fourth-order valence-corrected chi connectivity index (χ4v) is 2.12. The van der Waals surface area contributed by atoms with Gasteiger partial charge >= 0.3 is 11.7 Å². The number of nitrogens with one attached hydrogen (secondary N) is 1. The standard InChI is InChI=1S/C13H14ClN5O3.ClH/c14-6-8-19(17-22)12(20)15-7-9-18-11-5-3-1-2-4-10(11)16-13(18)21;/h1-5H,6-9H2,(H,15,20);1H. The Morgan fingerprint density at radius 3 is 2.78 bits per heavy atom. The lowest BCUT2D eigenvalue weighted by Crippen LogP contribution is -2.39. The van der Waals surface area contributed by atoms with E-state index in [4.69, 9.17) is 11.6 Å². The van der Waals surface area contributed by atoms with E-state index in [1.54, 1.807) is 24.3 Å². The number of aromatic nitrogens is 2. The van der Waals surface area contributed by atoms with Crippen molar-refractivity contribution in [3.8, 4) is 11.4 Å². The monoisotopic (exact) mass is 359 g/mol. The van der Waals surface area contributed by atoms with Gasteiger partial charge in [-0.05, 0) is 12.1 Å². The van der Waals surface area contributed by atoms with Crippen LogP contribution in [0, 0.1) is 4.91 Å². The van der Waals surface area contributed by atoms with Crippen LogP contribution in [0.1, 0.15) is 0 Å². The summed E-state index contributed by atoms with van der Waals surface area (Å²) in [6.07, 6.45) is 0. The Morgan fingerprint density at radius 1 is 1.35 bits per heavy atom. The molecule has 0 radical (unpaired) electrons. The fourth-order valence-electron chi connectivity index (χ4n) is 1.96. The third-order valence-corrected chi connectivity index (χ3v) is 3.14. The minimum absolute atomic E-state index is 0. The number of amides is 2. The number of halogens is 2. The zero-order valence-corrected chi connectivity index (χ0v) is 13.6. The largest absolute Gasteiger partial charge is 0.348 e. The SMILES string of the molecule is Cl.O=NN(CCCl)C(=O)NCCn1c2cccccc-2nc1=O. The number of rotatable bonds is 6. The molecule has 8 nitrogen and oxygen atoms in total. The molecular formula is C13H15Cl2N5O3. The van der Waals surface area contributed by atoms with Crippen LogP contribution in [0.3, 0.4) is 0 Å². The van der Waals surface area contributed by atoms with Crippen molar-refractivity contribution in [3.63, 3.8) is 0 Å². The van der Waals surface area contributed by atoms with Gasteiger partial charge in [0.2, 0.25) is 0 Å². The Balaban J connectivity index is 0.00000264. The van der Waals surface area contributed by atoms with E-state index in [1.807, 2.05) is 6.07 Å². The second-order valence-electron chi connectivity index (χ2n) is 4.35. The van der Waals surface area contributed by atoms with E-state index in [9.17, 15) is 14.5 Å². The number of carbonyl (C=O) groups excluding carboxylic acids is 1. The van der Waals surface area contributed by atoms with Crippen molar-refractivity contribution in [2.45, 2.75) is 6.54 Å². The molecule has 0 aromatic carbocycles. The first kappa shape index (κ1) is 18.9. The Morgan fingerprint density at radius 2 is 2.09 bits per heavy atom. The summed E-state index contributed by atoms with van der Waals surface area (Å²) in [4.78, 5) is 37.9. The number of hydrogen-bond donors (Lipinski definition) is 1. The highest BCUT2D eigenvalue weighted by Crippen LogP contribution is 2.15. The molecule has 0 saturated carbocycles. The van der Waals surface area contributed by atoms with Gasteiger partial charge in [-0.3, -0.25) is 4.57 Å². The fraction of sp³-hybridized carbons (Fsp3) is 0.308. The van der Waals surface area contributed by atoms with Crippen molar-refractivity contribution >= 4 is 30.0 Å².